The van der Waals surface area contributed by atoms with Crippen LogP contribution in [0.1, 0.15) is 0 Å². The van der Waals surface area contributed by atoms with Gasteiger partial charge in [0.05, 0.1) is 12.7 Å². The number of hydrogen-bond donors (Lipinski definition) is 2. The van der Waals surface area contributed by atoms with Gasteiger partial charge in [-0.25, -0.2) is 5.26 Å². The maximum atomic E-state index is 12.5. The Bertz CT molecular complexity index is 880. The Hall–Kier alpha value is -2.99. The highest BCUT2D eigenvalue weighted by atomic mass is 17.1. The van der Waals surface area contributed by atoms with E-state index in [1.165, 1.54) is 12.3 Å². The predicted molar refractivity (Wildman–Crippen MR) is 79.4 cm³/mol. The van der Waals surface area contributed by atoms with Gasteiger partial charge in [-0.05, 0) is 17.7 Å². The number of benzene rings is 2. The van der Waals surface area contributed by atoms with Crippen LogP contribution in [-0.4, -0.2) is 17.5 Å². The molecule has 0 saturated carbocycles. The molecule has 0 aliphatic rings. The van der Waals surface area contributed by atoms with Crippen LogP contribution in [0.4, 0.5) is 0 Å². The second-order valence-corrected chi connectivity index (χ2v) is 4.61. The van der Waals surface area contributed by atoms with Crippen molar-refractivity contribution in [1.82, 2.24) is 0 Å². The van der Waals surface area contributed by atoms with Crippen molar-refractivity contribution in [2.24, 2.45) is 0 Å². The number of phenolic OH excluding ortho intramolecular Hbond substituents is 1. The number of hydrogen-bond acceptors (Lipinski definition) is 6. The van der Waals surface area contributed by atoms with Crippen LogP contribution in [0.3, 0.4) is 0 Å². The van der Waals surface area contributed by atoms with E-state index in [-0.39, 0.29) is 27.9 Å². The molecule has 0 radical (unpaired) electrons. The lowest BCUT2D eigenvalue weighted by atomic mass is 10.0. The number of methoxy groups -OCH3 is 1. The van der Waals surface area contributed by atoms with Crippen LogP contribution >= 0.6 is 0 Å². The minimum atomic E-state index is -0.381. The summed E-state index contributed by atoms with van der Waals surface area (Å²) in [5, 5.41) is 18.6. The van der Waals surface area contributed by atoms with Crippen molar-refractivity contribution in [1.29, 1.82) is 0 Å². The highest BCUT2D eigenvalue weighted by Crippen LogP contribution is 2.30. The van der Waals surface area contributed by atoms with Gasteiger partial charge in [-0.1, -0.05) is 12.1 Å². The molecule has 22 heavy (non-hydrogen) atoms. The highest BCUT2D eigenvalue weighted by molar-refractivity contribution is 5.88. The average molecular weight is 300 g/mol. The molecule has 112 valence electrons. The molecule has 6 heteroatoms. The van der Waals surface area contributed by atoms with E-state index in [1.54, 1.807) is 31.4 Å². The first-order valence-corrected chi connectivity index (χ1v) is 6.38. The Morgan fingerprint density at radius 1 is 1.09 bits per heavy atom. The molecule has 1 heterocycles. The highest BCUT2D eigenvalue weighted by Gasteiger charge is 2.14. The molecule has 0 aliphatic carbocycles. The third-order valence-corrected chi connectivity index (χ3v) is 3.34. The number of phenols is 1. The van der Waals surface area contributed by atoms with Crippen LogP contribution < -0.4 is 15.1 Å². The molecule has 2 N–H and O–H groups in total. The Labute approximate surface area is 124 Å². The minimum Gasteiger partial charge on any atom is -0.507 e. The van der Waals surface area contributed by atoms with Gasteiger partial charge in [0, 0.05) is 12.1 Å². The first-order valence-electron chi connectivity index (χ1n) is 6.38. The maximum absolute atomic E-state index is 12.5. The molecule has 0 saturated heterocycles. The second kappa shape index (κ2) is 5.42. The summed E-state index contributed by atoms with van der Waals surface area (Å²) in [6, 6.07) is 9.34. The van der Waals surface area contributed by atoms with Crippen molar-refractivity contribution in [2.75, 3.05) is 7.11 Å². The fraction of sp³-hybridized carbons (Fsp3) is 0.0625. The summed E-state index contributed by atoms with van der Waals surface area (Å²) in [5.74, 6) is 0.317. The zero-order chi connectivity index (χ0) is 15.7. The third-order valence-electron chi connectivity index (χ3n) is 3.34. The summed E-state index contributed by atoms with van der Waals surface area (Å²) < 4.78 is 10.4. The normalized spacial score (nSPS) is 10.6. The fourth-order valence-corrected chi connectivity index (χ4v) is 2.23. The summed E-state index contributed by atoms with van der Waals surface area (Å²) >= 11 is 0. The molecule has 0 spiro atoms. The predicted octanol–water partition coefficient (Wildman–Crippen LogP) is 3.03. The van der Waals surface area contributed by atoms with Crippen molar-refractivity contribution in [3.05, 3.63) is 52.9 Å². The Kier molecular flexibility index (Phi) is 3.44. The summed E-state index contributed by atoms with van der Waals surface area (Å²) in [5.41, 5.74) is 0.682. The van der Waals surface area contributed by atoms with E-state index in [0.29, 0.717) is 16.9 Å². The second-order valence-electron chi connectivity index (χ2n) is 4.61. The molecule has 1 aromatic heterocycles. The molecule has 0 aliphatic heterocycles. The lowest BCUT2D eigenvalue weighted by Gasteiger charge is -2.06. The summed E-state index contributed by atoms with van der Waals surface area (Å²) in [7, 11) is 1.55. The van der Waals surface area contributed by atoms with Gasteiger partial charge in [0.2, 0.25) is 5.43 Å². The van der Waals surface area contributed by atoms with E-state index >= 15 is 0 Å². The van der Waals surface area contributed by atoms with Crippen LogP contribution in [0.25, 0.3) is 22.1 Å². The lowest BCUT2D eigenvalue weighted by molar-refractivity contribution is -0.137. The minimum absolute atomic E-state index is 0.0223. The third kappa shape index (κ3) is 2.25. The van der Waals surface area contributed by atoms with Gasteiger partial charge in [-0.3, -0.25) is 4.79 Å². The molecule has 0 fully saturated rings. The van der Waals surface area contributed by atoms with E-state index < -0.39 is 0 Å². The van der Waals surface area contributed by atoms with Crippen LogP contribution in [0.5, 0.6) is 17.2 Å². The standard InChI is InChI=1S/C16H12O6/c1-20-10-4-2-9(3-5-10)12-8-21-14-7-11(22-19)6-13(17)15(14)16(12)18/h2-8,17,19H,1H3. The van der Waals surface area contributed by atoms with Crippen molar-refractivity contribution in [3.63, 3.8) is 0 Å². The van der Waals surface area contributed by atoms with Crippen LogP contribution in [0, 0.1) is 0 Å². The quantitative estimate of drug-likeness (QED) is 0.571. The Morgan fingerprint density at radius 2 is 1.82 bits per heavy atom. The van der Waals surface area contributed by atoms with Crippen molar-refractivity contribution >= 4 is 11.0 Å². The van der Waals surface area contributed by atoms with Gasteiger partial charge in [-0.2, -0.15) is 0 Å². The van der Waals surface area contributed by atoms with Gasteiger partial charge in [0.15, 0.2) is 5.75 Å². The largest absolute Gasteiger partial charge is 0.507 e. The SMILES string of the molecule is COc1ccc(-c2coc3cc(OO)cc(O)c3c2=O)cc1. The van der Waals surface area contributed by atoms with Crippen LogP contribution in [0.2, 0.25) is 0 Å². The van der Waals surface area contributed by atoms with Gasteiger partial charge < -0.3 is 19.1 Å². The molecule has 3 rings (SSSR count). The van der Waals surface area contributed by atoms with E-state index in [0.717, 1.165) is 6.07 Å². The van der Waals surface area contributed by atoms with E-state index in [2.05, 4.69) is 4.89 Å². The molecular weight excluding hydrogens is 288 g/mol. The van der Waals surface area contributed by atoms with Crippen molar-refractivity contribution < 1.29 is 24.4 Å². The molecule has 0 bridgehead atoms. The average Bonchev–Trinajstić information content (AvgIpc) is 2.55. The van der Waals surface area contributed by atoms with E-state index in [4.69, 9.17) is 14.4 Å². The van der Waals surface area contributed by atoms with E-state index in [1.807, 2.05) is 0 Å². The number of aromatic hydroxyl groups is 1. The monoisotopic (exact) mass is 300 g/mol. The van der Waals surface area contributed by atoms with Gasteiger partial charge in [0.1, 0.15) is 28.7 Å². The Balaban J connectivity index is 2.21. The van der Waals surface area contributed by atoms with Gasteiger partial charge in [-0.15, -0.1) is 0 Å². The summed E-state index contributed by atoms with van der Waals surface area (Å²) in [6.07, 6.45) is 1.30. The first-order chi connectivity index (χ1) is 10.6. The first kappa shape index (κ1) is 14.0. The fourth-order valence-electron chi connectivity index (χ4n) is 2.23. The van der Waals surface area contributed by atoms with Gasteiger partial charge in [0.25, 0.3) is 0 Å². The molecule has 3 aromatic rings. The van der Waals surface area contributed by atoms with Crippen LogP contribution in [-0.2, 0) is 0 Å². The lowest BCUT2D eigenvalue weighted by Crippen LogP contribution is -2.05. The topological polar surface area (TPSA) is 89.1 Å². The number of ether oxygens (including phenoxy) is 1. The Morgan fingerprint density at radius 3 is 2.45 bits per heavy atom. The molecule has 6 nitrogen and oxygen atoms in total. The summed E-state index contributed by atoms with van der Waals surface area (Å²) in [6.45, 7) is 0. The maximum Gasteiger partial charge on any atom is 0.204 e. The van der Waals surface area contributed by atoms with Crippen LogP contribution in [0.15, 0.2) is 51.9 Å². The molecule has 0 atom stereocenters. The zero-order valence-corrected chi connectivity index (χ0v) is 11.6. The number of rotatable bonds is 3. The number of fused-ring (bicyclic) bond motifs is 1. The molecular formula is C16H12O6. The molecule has 0 amide bonds. The van der Waals surface area contributed by atoms with E-state index in [9.17, 15) is 9.90 Å². The smallest absolute Gasteiger partial charge is 0.204 e. The summed E-state index contributed by atoms with van der Waals surface area (Å²) in [4.78, 5) is 16.6. The van der Waals surface area contributed by atoms with Crippen molar-refractivity contribution in [2.45, 2.75) is 0 Å². The molecule has 2 aromatic carbocycles. The van der Waals surface area contributed by atoms with Gasteiger partial charge >= 0.3 is 0 Å². The van der Waals surface area contributed by atoms with Crippen molar-refractivity contribution in [3.8, 4) is 28.4 Å². The zero-order valence-electron chi connectivity index (χ0n) is 11.6. The molecule has 0 unspecified atom stereocenters.